The van der Waals surface area contributed by atoms with E-state index in [1.165, 1.54) is 103 Å². The van der Waals surface area contributed by atoms with Crippen LogP contribution in [-0.4, -0.2) is 11.2 Å². The fourth-order valence-electron chi connectivity index (χ4n) is 10.5. The second-order valence-corrected chi connectivity index (χ2v) is 22.8. The third-order valence-corrected chi connectivity index (χ3v) is 15.7. The van der Waals surface area contributed by atoms with Crippen molar-refractivity contribution < 1.29 is 39.2 Å². The van der Waals surface area contributed by atoms with Crippen molar-refractivity contribution in [2.75, 3.05) is 0 Å². The maximum atomic E-state index is 12.4. The van der Waals surface area contributed by atoms with Crippen LogP contribution in [0.15, 0.2) is 0 Å². The zero-order valence-corrected chi connectivity index (χ0v) is 47.3. The maximum absolute atomic E-state index is 12.4. The van der Waals surface area contributed by atoms with E-state index in [1.807, 2.05) is 41.5 Å². The van der Waals surface area contributed by atoms with Gasteiger partial charge in [0.25, 0.3) is 0 Å². The molecule has 0 saturated carbocycles. The van der Waals surface area contributed by atoms with Crippen LogP contribution in [0.4, 0.5) is 0 Å². The molecule has 63 heavy (non-hydrogen) atoms. The van der Waals surface area contributed by atoms with Gasteiger partial charge in [0.05, 0.1) is 0 Å². The molecular weight excluding hydrogens is 826 g/mol. The fraction of sp³-hybridized carbons (Fsp3) is 0.793. The largest absolute Gasteiger partial charge is 2.00 e. The summed E-state index contributed by atoms with van der Waals surface area (Å²) in [5, 5.41) is 24.8. The summed E-state index contributed by atoms with van der Waals surface area (Å²) in [4.78, 5) is 0. The van der Waals surface area contributed by atoms with Gasteiger partial charge in [0, 0.05) is 0 Å². The van der Waals surface area contributed by atoms with Crippen molar-refractivity contribution in [3.63, 3.8) is 0 Å². The molecule has 0 aliphatic carbocycles. The summed E-state index contributed by atoms with van der Waals surface area (Å²) < 4.78 is 13.2. The van der Waals surface area contributed by atoms with Crippen LogP contribution in [0.1, 0.15) is 242 Å². The summed E-state index contributed by atoms with van der Waals surface area (Å²) in [5.41, 5.74) is 7.72. The predicted octanol–water partition coefficient (Wildman–Crippen LogP) is 16.4. The van der Waals surface area contributed by atoms with Gasteiger partial charge >= 0.3 is 19.5 Å². The number of benzene rings is 2. The summed E-state index contributed by atoms with van der Waals surface area (Å²) in [6.45, 7) is 35.5. The van der Waals surface area contributed by atoms with Gasteiger partial charge < -0.3 is 19.7 Å². The molecule has 0 aromatic heterocycles. The van der Waals surface area contributed by atoms with E-state index >= 15 is 0 Å². The number of hydrogen-bond donors (Lipinski definition) is 0. The van der Waals surface area contributed by atoms with E-state index in [4.69, 9.17) is 9.47 Å². The molecule has 0 amide bonds. The zero-order chi connectivity index (χ0) is 46.4. The molecule has 5 heteroatoms. The molecule has 0 spiro atoms. The van der Waals surface area contributed by atoms with Crippen molar-refractivity contribution >= 4 is 0 Å². The molecule has 4 rings (SSSR count). The van der Waals surface area contributed by atoms with Crippen molar-refractivity contribution in [3.8, 4) is 23.0 Å². The van der Waals surface area contributed by atoms with Crippen molar-refractivity contribution in [2.24, 2.45) is 35.5 Å². The van der Waals surface area contributed by atoms with Crippen LogP contribution in [0.5, 0.6) is 23.0 Å². The average Bonchev–Trinajstić information content (AvgIpc) is 3.20. The molecule has 0 radical (unpaired) electrons. The van der Waals surface area contributed by atoms with Crippen LogP contribution >= 0.6 is 0 Å². The van der Waals surface area contributed by atoms with Crippen LogP contribution < -0.4 is 19.7 Å². The van der Waals surface area contributed by atoms with E-state index in [0.29, 0.717) is 0 Å². The predicted molar refractivity (Wildman–Crippen MR) is 264 cm³/mol. The number of rotatable bonds is 24. The molecular formula is C58H98O4Zn. The van der Waals surface area contributed by atoms with E-state index in [2.05, 4.69) is 69.2 Å². The molecule has 2 aromatic rings. The van der Waals surface area contributed by atoms with Gasteiger partial charge in [-0.05, 0) is 165 Å². The third-order valence-electron chi connectivity index (χ3n) is 15.7. The van der Waals surface area contributed by atoms with E-state index in [1.54, 1.807) is 0 Å². The minimum atomic E-state index is -0.0916. The number of hydrogen-bond acceptors (Lipinski definition) is 4. The van der Waals surface area contributed by atoms with Crippen LogP contribution in [0.2, 0.25) is 0 Å². The van der Waals surface area contributed by atoms with E-state index in [-0.39, 0.29) is 42.2 Å². The first-order valence-corrected chi connectivity index (χ1v) is 26.0. The third kappa shape index (κ3) is 18.1. The summed E-state index contributed by atoms with van der Waals surface area (Å²) in [6.07, 6.45) is 27.8. The van der Waals surface area contributed by atoms with Crippen LogP contribution in [-0.2, 0) is 32.3 Å². The summed E-state index contributed by atoms with van der Waals surface area (Å²) in [6, 6.07) is 0. The summed E-state index contributed by atoms with van der Waals surface area (Å²) >= 11 is 0. The minimum absolute atomic E-state index is 0. The van der Waals surface area contributed by atoms with E-state index in [9.17, 15) is 10.2 Å². The Bertz CT molecular complexity index is 1540. The molecule has 2 aliphatic rings. The van der Waals surface area contributed by atoms with Crippen LogP contribution in [0.25, 0.3) is 0 Å². The first-order chi connectivity index (χ1) is 29.1. The standard InChI is InChI=1S/2C29H50O2.Zn/c2*1-20(2)12-9-13-21(3)14-10-15-22(4)16-11-18-29(8)19-17-26-25(7)27(30)23(5)24(6)28(26)31-29;/h2*20-22,30H,9-19H2,1-8H3;/q;;+2/p-2/t2*21-,22-,29-;/m11./s1. The van der Waals surface area contributed by atoms with Gasteiger partial charge in [-0.2, -0.15) is 0 Å². The van der Waals surface area contributed by atoms with Crippen molar-refractivity contribution in [2.45, 2.75) is 263 Å². The van der Waals surface area contributed by atoms with Crippen molar-refractivity contribution in [1.29, 1.82) is 0 Å². The van der Waals surface area contributed by atoms with E-state index < -0.39 is 0 Å². The van der Waals surface area contributed by atoms with Gasteiger partial charge in [-0.15, -0.1) is 11.5 Å². The Morgan fingerprint density at radius 3 is 0.968 bits per heavy atom. The monoisotopic (exact) mass is 923 g/mol. The minimum Gasteiger partial charge on any atom is -0.872 e. The quantitative estimate of drug-likeness (QED) is 0.0984. The molecule has 4 nitrogen and oxygen atoms in total. The van der Waals surface area contributed by atoms with Crippen LogP contribution in [0, 0.1) is 77.0 Å². The maximum Gasteiger partial charge on any atom is 2.00 e. The fourth-order valence-corrected chi connectivity index (χ4v) is 10.5. The average molecular weight is 925 g/mol. The normalized spacial score (nSPS) is 20.1. The topological polar surface area (TPSA) is 64.6 Å². The van der Waals surface area contributed by atoms with Crippen LogP contribution in [0.3, 0.4) is 0 Å². The Hall–Kier alpha value is -1.74. The molecule has 6 atom stereocenters. The zero-order valence-electron chi connectivity index (χ0n) is 44.4. The molecule has 356 valence electrons. The molecule has 0 fully saturated rings. The first-order valence-electron chi connectivity index (χ1n) is 26.0. The number of ether oxygens (including phenoxy) is 2. The molecule has 2 aromatic carbocycles. The Balaban J connectivity index is 0.000000427. The van der Waals surface area contributed by atoms with Gasteiger partial charge in [0.1, 0.15) is 22.7 Å². The SMILES string of the molecule is Cc1c(C)c2c(c(C)c1[O-])CC[C@@](C)(CCC[C@H](C)CCC[C@H](C)CCCC(C)C)O2.Cc1c(C)c2c(c(C)c1[O-])CC[C@@](C)(CCC[C@H](C)CCC[C@H](C)CCCC(C)C)O2.[Zn+2]. The van der Waals surface area contributed by atoms with Crippen molar-refractivity contribution in [1.82, 2.24) is 0 Å². The number of fused-ring (bicyclic) bond motifs is 2. The molecule has 0 bridgehead atoms. The Kier molecular flexibility index (Phi) is 24.7. The van der Waals surface area contributed by atoms with Gasteiger partial charge in [0.15, 0.2) is 0 Å². The summed E-state index contributed by atoms with van der Waals surface area (Å²) in [7, 11) is 0. The van der Waals surface area contributed by atoms with Gasteiger partial charge in [-0.3, -0.25) is 0 Å². The molecule has 0 unspecified atom stereocenters. The molecule has 0 saturated heterocycles. The van der Waals surface area contributed by atoms with E-state index in [0.717, 1.165) is 130 Å². The molecule has 2 aliphatic heterocycles. The van der Waals surface area contributed by atoms with Gasteiger partial charge in [-0.25, -0.2) is 0 Å². The van der Waals surface area contributed by atoms with Gasteiger partial charge in [-0.1, -0.05) is 168 Å². The first kappa shape index (κ1) is 57.4. The second kappa shape index (κ2) is 27.2. The summed E-state index contributed by atoms with van der Waals surface area (Å²) in [5.74, 6) is 7.46. The molecule has 2 heterocycles. The van der Waals surface area contributed by atoms with Crippen molar-refractivity contribution in [3.05, 3.63) is 44.5 Å². The molecule has 0 N–H and O–H groups in total. The van der Waals surface area contributed by atoms with Gasteiger partial charge in [0.2, 0.25) is 0 Å². The smallest absolute Gasteiger partial charge is 0.872 e. The Morgan fingerprint density at radius 2 is 0.683 bits per heavy atom. The Labute approximate surface area is 403 Å². The second-order valence-electron chi connectivity index (χ2n) is 22.8. The Morgan fingerprint density at radius 1 is 0.413 bits per heavy atom.